The molecule has 2 N–H and O–H groups in total. The molecule has 1 atom stereocenters. The summed E-state index contributed by atoms with van der Waals surface area (Å²) in [7, 11) is 0. The van der Waals surface area contributed by atoms with E-state index in [1.54, 1.807) is 0 Å². The lowest BCUT2D eigenvalue weighted by Gasteiger charge is -2.40. The number of rotatable bonds is 6. The molecule has 0 amide bonds. The van der Waals surface area contributed by atoms with E-state index in [1.165, 1.54) is 0 Å². The van der Waals surface area contributed by atoms with Gasteiger partial charge < -0.3 is 10.4 Å². The highest BCUT2D eigenvalue weighted by molar-refractivity contribution is 5.74. The van der Waals surface area contributed by atoms with Crippen LogP contribution in [-0.2, 0) is 11.2 Å². The van der Waals surface area contributed by atoms with Crippen molar-refractivity contribution in [1.29, 1.82) is 0 Å². The fraction of sp³-hybridized carbons (Fsp3) is 0.562. The molecule has 0 aromatic heterocycles. The zero-order valence-corrected chi connectivity index (χ0v) is 11.7. The number of aliphatic carboxylic acids is 1. The van der Waals surface area contributed by atoms with Crippen LogP contribution >= 0.6 is 0 Å². The van der Waals surface area contributed by atoms with Crippen molar-refractivity contribution < 1.29 is 9.90 Å². The molecule has 0 radical (unpaired) electrons. The lowest BCUT2D eigenvalue weighted by molar-refractivity contribution is -0.140. The summed E-state index contributed by atoms with van der Waals surface area (Å²) in [6.07, 6.45) is 2.77. The average molecular weight is 261 g/mol. The van der Waals surface area contributed by atoms with Crippen LogP contribution in [0.1, 0.15) is 32.3 Å². The van der Waals surface area contributed by atoms with E-state index in [0.717, 1.165) is 24.3 Å². The molecule has 0 aliphatic heterocycles. The summed E-state index contributed by atoms with van der Waals surface area (Å²) in [5, 5.41) is 12.6. The van der Waals surface area contributed by atoms with Crippen LogP contribution in [0.5, 0.6) is 0 Å². The van der Waals surface area contributed by atoms with Gasteiger partial charge in [0.2, 0.25) is 0 Å². The number of carboxylic acids is 1. The Morgan fingerprint density at radius 1 is 1.32 bits per heavy atom. The van der Waals surface area contributed by atoms with Gasteiger partial charge in [0.15, 0.2) is 0 Å². The van der Waals surface area contributed by atoms with Crippen LogP contribution in [0, 0.1) is 11.8 Å². The van der Waals surface area contributed by atoms with Crippen molar-refractivity contribution in [3.63, 3.8) is 0 Å². The average Bonchev–Trinajstić information content (AvgIpc) is 2.32. The Hall–Kier alpha value is -1.35. The number of benzene rings is 1. The van der Waals surface area contributed by atoms with Crippen molar-refractivity contribution >= 4 is 5.97 Å². The molecule has 0 heterocycles. The van der Waals surface area contributed by atoms with E-state index in [-0.39, 0.29) is 0 Å². The zero-order chi connectivity index (χ0) is 13.8. The van der Waals surface area contributed by atoms with E-state index in [2.05, 4.69) is 19.2 Å². The maximum absolute atomic E-state index is 11.3. The lowest BCUT2D eigenvalue weighted by atomic mass is 9.73. The summed E-state index contributed by atoms with van der Waals surface area (Å²) in [5.74, 6) is 0.705. The van der Waals surface area contributed by atoms with Crippen molar-refractivity contribution in [2.75, 3.05) is 0 Å². The minimum Gasteiger partial charge on any atom is -0.480 e. The third-order valence-electron chi connectivity index (χ3n) is 4.13. The predicted octanol–water partition coefficient (Wildman–Crippen LogP) is 2.71. The smallest absolute Gasteiger partial charge is 0.321 e. The second-order valence-electron chi connectivity index (χ2n) is 5.92. The van der Waals surface area contributed by atoms with Gasteiger partial charge >= 0.3 is 5.97 Å². The van der Waals surface area contributed by atoms with Crippen molar-refractivity contribution in [3.8, 4) is 0 Å². The van der Waals surface area contributed by atoms with Crippen molar-refractivity contribution in [3.05, 3.63) is 35.9 Å². The van der Waals surface area contributed by atoms with Crippen LogP contribution in [-0.4, -0.2) is 23.2 Å². The quantitative estimate of drug-likeness (QED) is 0.827. The Kier molecular flexibility index (Phi) is 4.59. The highest BCUT2D eigenvalue weighted by Gasteiger charge is 2.33. The Morgan fingerprint density at radius 3 is 2.47 bits per heavy atom. The molecule has 0 saturated heterocycles. The summed E-state index contributed by atoms with van der Waals surface area (Å²) in [6, 6.07) is 9.72. The molecule has 3 heteroatoms. The number of carbonyl (C=O) groups is 1. The van der Waals surface area contributed by atoms with Gasteiger partial charge in [-0.3, -0.25) is 4.79 Å². The normalized spacial score (nSPS) is 23.9. The lowest BCUT2D eigenvalue weighted by Crippen LogP contribution is -2.51. The van der Waals surface area contributed by atoms with Gasteiger partial charge in [-0.2, -0.15) is 0 Å². The monoisotopic (exact) mass is 261 g/mol. The fourth-order valence-corrected chi connectivity index (χ4v) is 2.69. The van der Waals surface area contributed by atoms with Gasteiger partial charge in [0, 0.05) is 6.04 Å². The molecule has 1 fully saturated rings. The van der Waals surface area contributed by atoms with Crippen LogP contribution in [0.15, 0.2) is 30.3 Å². The first-order valence-corrected chi connectivity index (χ1v) is 7.09. The largest absolute Gasteiger partial charge is 0.480 e. The highest BCUT2D eigenvalue weighted by Crippen LogP contribution is 2.33. The molecule has 1 saturated carbocycles. The van der Waals surface area contributed by atoms with Crippen LogP contribution in [0.2, 0.25) is 0 Å². The first-order valence-electron chi connectivity index (χ1n) is 7.09. The minimum atomic E-state index is -0.753. The first-order chi connectivity index (χ1) is 9.06. The van der Waals surface area contributed by atoms with Gasteiger partial charge in [0.1, 0.15) is 6.04 Å². The third-order valence-corrected chi connectivity index (χ3v) is 4.13. The third kappa shape index (κ3) is 3.80. The standard InChI is InChI=1S/C16H23NO2/c1-11(2)13-9-14(10-13)17-15(16(18)19)8-12-6-4-3-5-7-12/h3-7,11,13-15,17H,8-10H2,1-2H3,(H,18,19)/t13?,14?,15-/m1/s1. The van der Waals surface area contributed by atoms with E-state index in [1.807, 2.05) is 30.3 Å². The molecule has 1 aliphatic rings. The van der Waals surface area contributed by atoms with Crippen LogP contribution < -0.4 is 5.32 Å². The Morgan fingerprint density at radius 2 is 1.95 bits per heavy atom. The molecule has 3 nitrogen and oxygen atoms in total. The van der Waals surface area contributed by atoms with Crippen LogP contribution in [0.3, 0.4) is 0 Å². The number of carboxylic acid groups (broad SMARTS) is 1. The first kappa shape index (κ1) is 14.1. The topological polar surface area (TPSA) is 49.3 Å². The van der Waals surface area contributed by atoms with E-state index in [4.69, 9.17) is 0 Å². The van der Waals surface area contributed by atoms with Gasteiger partial charge in [-0.05, 0) is 36.7 Å². The molecule has 104 valence electrons. The van der Waals surface area contributed by atoms with Gasteiger partial charge in [-0.15, -0.1) is 0 Å². The zero-order valence-electron chi connectivity index (χ0n) is 11.7. The number of nitrogens with one attached hydrogen (secondary N) is 1. The van der Waals surface area contributed by atoms with Crippen molar-refractivity contribution in [2.24, 2.45) is 11.8 Å². The van der Waals surface area contributed by atoms with Gasteiger partial charge in [-0.25, -0.2) is 0 Å². The summed E-state index contributed by atoms with van der Waals surface area (Å²) in [4.78, 5) is 11.3. The molecule has 2 rings (SSSR count). The van der Waals surface area contributed by atoms with E-state index in [0.29, 0.717) is 18.4 Å². The SMILES string of the molecule is CC(C)C1CC(N[C@H](Cc2ccccc2)C(=O)O)C1. The molecule has 0 spiro atoms. The molecule has 1 aliphatic carbocycles. The molecular weight excluding hydrogens is 238 g/mol. The predicted molar refractivity (Wildman–Crippen MR) is 76.1 cm³/mol. The Bertz CT molecular complexity index is 410. The molecule has 1 aromatic carbocycles. The minimum absolute atomic E-state index is 0.372. The van der Waals surface area contributed by atoms with Gasteiger partial charge in [0.25, 0.3) is 0 Å². The molecule has 19 heavy (non-hydrogen) atoms. The van der Waals surface area contributed by atoms with E-state index >= 15 is 0 Å². The second-order valence-corrected chi connectivity index (χ2v) is 5.92. The van der Waals surface area contributed by atoms with Crippen molar-refractivity contribution in [1.82, 2.24) is 5.32 Å². The molecule has 0 bridgehead atoms. The molecule has 0 unspecified atom stereocenters. The maximum atomic E-state index is 11.3. The summed E-state index contributed by atoms with van der Waals surface area (Å²) in [6.45, 7) is 4.47. The Labute approximate surface area is 115 Å². The van der Waals surface area contributed by atoms with E-state index < -0.39 is 12.0 Å². The summed E-state index contributed by atoms with van der Waals surface area (Å²) < 4.78 is 0. The number of hydrogen-bond acceptors (Lipinski definition) is 2. The summed E-state index contributed by atoms with van der Waals surface area (Å²) in [5.41, 5.74) is 1.07. The van der Waals surface area contributed by atoms with Gasteiger partial charge in [-0.1, -0.05) is 44.2 Å². The molecular formula is C16H23NO2. The highest BCUT2D eigenvalue weighted by atomic mass is 16.4. The van der Waals surface area contributed by atoms with Crippen LogP contribution in [0.25, 0.3) is 0 Å². The maximum Gasteiger partial charge on any atom is 0.321 e. The Balaban J connectivity index is 1.86. The van der Waals surface area contributed by atoms with E-state index in [9.17, 15) is 9.90 Å². The number of hydrogen-bond donors (Lipinski definition) is 2. The van der Waals surface area contributed by atoms with Gasteiger partial charge in [0.05, 0.1) is 0 Å². The van der Waals surface area contributed by atoms with Crippen molar-refractivity contribution in [2.45, 2.75) is 45.2 Å². The second kappa shape index (κ2) is 6.20. The fourth-order valence-electron chi connectivity index (χ4n) is 2.69. The summed E-state index contributed by atoms with van der Waals surface area (Å²) >= 11 is 0. The molecule has 1 aromatic rings. The van der Waals surface area contributed by atoms with Crippen LogP contribution in [0.4, 0.5) is 0 Å².